The van der Waals surface area contributed by atoms with Crippen LogP contribution in [0.2, 0.25) is 0 Å². The van der Waals surface area contributed by atoms with Gasteiger partial charge in [0.2, 0.25) is 0 Å². The molecule has 0 saturated heterocycles. The van der Waals surface area contributed by atoms with Gasteiger partial charge in [0, 0.05) is 12.1 Å². The molecule has 2 aromatic rings. The molecule has 5 nitrogen and oxygen atoms in total. The Kier molecular flexibility index (Phi) is 5.85. The van der Waals surface area contributed by atoms with Crippen LogP contribution in [-0.2, 0) is 6.42 Å². The number of hydrogen-bond acceptors (Lipinski definition) is 3. The van der Waals surface area contributed by atoms with E-state index in [-0.39, 0.29) is 29.7 Å². The lowest BCUT2D eigenvalue weighted by molar-refractivity contribution is 0.0914. The molecule has 0 radical (unpaired) electrons. The van der Waals surface area contributed by atoms with E-state index in [0.717, 1.165) is 0 Å². The third-order valence-electron chi connectivity index (χ3n) is 3.34. The van der Waals surface area contributed by atoms with Crippen molar-refractivity contribution in [2.24, 2.45) is 0 Å². The average Bonchev–Trinajstić information content (AvgIpc) is 2.55. The smallest absolute Gasteiger partial charge is 0.270 e. The number of hydrogen-bond donors (Lipinski definition) is 2. The number of amides is 2. The molecular formula is C19H22FN3O2. The van der Waals surface area contributed by atoms with E-state index >= 15 is 0 Å². The molecule has 25 heavy (non-hydrogen) atoms. The van der Waals surface area contributed by atoms with E-state index in [1.165, 1.54) is 12.1 Å². The van der Waals surface area contributed by atoms with Gasteiger partial charge >= 0.3 is 0 Å². The highest BCUT2D eigenvalue weighted by Crippen LogP contribution is 2.07. The van der Waals surface area contributed by atoms with Crippen molar-refractivity contribution >= 4 is 11.8 Å². The van der Waals surface area contributed by atoms with Gasteiger partial charge in [0.1, 0.15) is 17.2 Å². The second-order valence-corrected chi connectivity index (χ2v) is 6.71. The molecule has 132 valence electrons. The zero-order valence-electron chi connectivity index (χ0n) is 14.6. The average molecular weight is 343 g/mol. The van der Waals surface area contributed by atoms with Gasteiger partial charge in [-0.15, -0.1) is 0 Å². The first-order valence-corrected chi connectivity index (χ1v) is 8.07. The molecule has 0 unspecified atom stereocenters. The van der Waals surface area contributed by atoms with Crippen LogP contribution in [0.15, 0.2) is 42.5 Å². The van der Waals surface area contributed by atoms with Crippen LogP contribution < -0.4 is 10.6 Å². The molecular weight excluding hydrogens is 321 g/mol. The van der Waals surface area contributed by atoms with Gasteiger partial charge < -0.3 is 10.6 Å². The van der Waals surface area contributed by atoms with E-state index in [1.807, 2.05) is 20.8 Å². The van der Waals surface area contributed by atoms with Crippen molar-refractivity contribution in [2.75, 3.05) is 6.54 Å². The number of aromatic nitrogens is 1. The number of carbonyl (C=O) groups is 2. The predicted octanol–water partition coefficient (Wildman–Crippen LogP) is 2.72. The summed E-state index contributed by atoms with van der Waals surface area (Å²) in [6, 6.07) is 11.1. The van der Waals surface area contributed by atoms with Crippen LogP contribution in [-0.4, -0.2) is 28.9 Å². The largest absolute Gasteiger partial charge is 0.350 e. The predicted molar refractivity (Wildman–Crippen MR) is 93.9 cm³/mol. The Morgan fingerprint density at radius 3 is 2.28 bits per heavy atom. The van der Waals surface area contributed by atoms with Crippen molar-refractivity contribution in [1.29, 1.82) is 0 Å². The zero-order valence-corrected chi connectivity index (χ0v) is 14.6. The van der Waals surface area contributed by atoms with E-state index in [9.17, 15) is 14.0 Å². The molecule has 2 N–H and O–H groups in total. The highest BCUT2D eigenvalue weighted by Gasteiger charge is 2.17. The molecule has 0 aliphatic heterocycles. The van der Waals surface area contributed by atoms with Gasteiger partial charge in [0.25, 0.3) is 11.8 Å². The maximum atomic E-state index is 13.5. The summed E-state index contributed by atoms with van der Waals surface area (Å²) in [6.07, 6.45) is 0.378. The van der Waals surface area contributed by atoms with Crippen LogP contribution >= 0.6 is 0 Å². The van der Waals surface area contributed by atoms with E-state index in [1.54, 1.807) is 30.3 Å². The fourth-order valence-electron chi connectivity index (χ4n) is 2.19. The summed E-state index contributed by atoms with van der Waals surface area (Å²) in [7, 11) is 0. The summed E-state index contributed by atoms with van der Waals surface area (Å²) >= 11 is 0. The Bertz CT molecular complexity index is 769. The molecule has 0 aliphatic carbocycles. The van der Waals surface area contributed by atoms with Crippen LogP contribution in [0, 0.1) is 5.82 Å². The lowest BCUT2D eigenvalue weighted by atomic mass is 10.1. The highest BCUT2D eigenvalue weighted by atomic mass is 19.1. The first-order valence-electron chi connectivity index (χ1n) is 8.07. The van der Waals surface area contributed by atoms with E-state index in [4.69, 9.17) is 0 Å². The molecule has 2 amide bonds. The van der Waals surface area contributed by atoms with Gasteiger partial charge in [-0.1, -0.05) is 24.3 Å². The maximum Gasteiger partial charge on any atom is 0.270 e. The molecule has 2 rings (SSSR count). The van der Waals surface area contributed by atoms with Crippen LogP contribution in [0.5, 0.6) is 0 Å². The molecule has 0 saturated carbocycles. The minimum absolute atomic E-state index is 0.148. The molecule has 0 fully saturated rings. The van der Waals surface area contributed by atoms with Crippen molar-refractivity contribution in [3.05, 3.63) is 65.2 Å². The van der Waals surface area contributed by atoms with E-state index in [0.29, 0.717) is 12.0 Å². The quantitative estimate of drug-likeness (QED) is 0.877. The molecule has 1 heterocycles. The Morgan fingerprint density at radius 2 is 1.64 bits per heavy atom. The highest BCUT2D eigenvalue weighted by molar-refractivity contribution is 5.96. The minimum Gasteiger partial charge on any atom is -0.350 e. The first kappa shape index (κ1) is 18.6. The third-order valence-corrected chi connectivity index (χ3v) is 3.34. The van der Waals surface area contributed by atoms with Gasteiger partial charge in [-0.05, 0) is 51.0 Å². The summed E-state index contributed by atoms with van der Waals surface area (Å²) in [6.45, 7) is 5.87. The number of carbonyl (C=O) groups excluding carboxylic acids is 2. The number of nitrogens with one attached hydrogen (secondary N) is 2. The fraction of sp³-hybridized carbons (Fsp3) is 0.316. The van der Waals surface area contributed by atoms with Crippen LogP contribution in [0.1, 0.15) is 47.3 Å². The number of nitrogens with zero attached hydrogens (tertiary/aromatic N) is 1. The van der Waals surface area contributed by atoms with Gasteiger partial charge in [0.15, 0.2) is 0 Å². The second-order valence-electron chi connectivity index (χ2n) is 6.71. The minimum atomic E-state index is -0.401. The van der Waals surface area contributed by atoms with E-state index in [2.05, 4.69) is 15.6 Å². The van der Waals surface area contributed by atoms with Crippen molar-refractivity contribution in [3.63, 3.8) is 0 Å². The van der Waals surface area contributed by atoms with Gasteiger partial charge in [-0.25, -0.2) is 9.37 Å². The lowest BCUT2D eigenvalue weighted by Crippen LogP contribution is -2.41. The monoisotopic (exact) mass is 343 g/mol. The molecule has 0 atom stereocenters. The fourth-order valence-corrected chi connectivity index (χ4v) is 2.19. The first-order chi connectivity index (χ1) is 11.8. The number of pyridine rings is 1. The molecule has 0 spiro atoms. The van der Waals surface area contributed by atoms with Gasteiger partial charge in [0.05, 0.1) is 0 Å². The molecule has 0 aliphatic rings. The van der Waals surface area contributed by atoms with E-state index < -0.39 is 11.4 Å². The van der Waals surface area contributed by atoms with Crippen molar-refractivity contribution in [3.8, 4) is 0 Å². The summed E-state index contributed by atoms with van der Waals surface area (Å²) in [5.74, 6) is -1.04. The van der Waals surface area contributed by atoms with Crippen molar-refractivity contribution in [2.45, 2.75) is 32.7 Å². The summed E-state index contributed by atoms with van der Waals surface area (Å²) < 4.78 is 13.5. The molecule has 1 aromatic carbocycles. The Balaban J connectivity index is 1.97. The SMILES string of the molecule is CC(C)(C)NC(=O)c1cccc(C(=O)NCCc2ccccc2F)n1. The summed E-state index contributed by atoms with van der Waals surface area (Å²) in [4.78, 5) is 28.4. The van der Waals surface area contributed by atoms with Crippen LogP contribution in [0.4, 0.5) is 4.39 Å². The number of halogens is 1. The normalized spacial score (nSPS) is 11.0. The molecule has 6 heteroatoms. The van der Waals surface area contributed by atoms with Crippen molar-refractivity contribution < 1.29 is 14.0 Å². The third kappa shape index (κ3) is 5.67. The summed E-state index contributed by atoms with van der Waals surface area (Å²) in [5.41, 5.74) is 0.470. The lowest BCUT2D eigenvalue weighted by Gasteiger charge is -2.20. The topological polar surface area (TPSA) is 71.1 Å². The molecule has 1 aromatic heterocycles. The molecule has 0 bridgehead atoms. The maximum absolute atomic E-state index is 13.5. The Labute approximate surface area is 146 Å². The van der Waals surface area contributed by atoms with Crippen LogP contribution in [0.3, 0.4) is 0 Å². The standard InChI is InChI=1S/C19H22FN3O2/c1-19(2,3)23-18(25)16-10-6-9-15(22-16)17(24)21-12-11-13-7-4-5-8-14(13)20/h4-10H,11-12H2,1-3H3,(H,21,24)(H,23,25). The van der Waals surface area contributed by atoms with Gasteiger partial charge in [-0.2, -0.15) is 0 Å². The number of benzene rings is 1. The van der Waals surface area contributed by atoms with Gasteiger partial charge in [-0.3, -0.25) is 9.59 Å². The summed E-state index contributed by atoms with van der Waals surface area (Å²) in [5, 5.41) is 5.49. The zero-order chi connectivity index (χ0) is 18.4. The number of rotatable bonds is 5. The second kappa shape index (κ2) is 7.88. The Hall–Kier alpha value is -2.76. The van der Waals surface area contributed by atoms with Crippen molar-refractivity contribution in [1.82, 2.24) is 15.6 Å². The Morgan fingerprint density at radius 1 is 1.00 bits per heavy atom. The van der Waals surface area contributed by atoms with Crippen LogP contribution in [0.25, 0.3) is 0 Å².